The predicted octanol–water partition coefficient (Wildman–Crippen LogP) is 4.40. The van der Waals surface area contributed by atoms with Gasteiger partial charge in [-0.3, -0.25) is 4.79 Å². The summed E-state index contributed by atoms with van der Waals surface area (Å²) >= 11 is 0. The van der Waals surface area contributed by atoms with Crippen LogP contribution in [0.1, 0.15) is 42.4 Å². The normalized spacial score (nSPS) is 22.3. The SMILES string of the molecule is NC(=NO)c1cccc2c1Oc1ccccc1C2=C1CC2CCC(C1)N2C(=O)C(F)(F)F. The van der Waals surface area contributed by atoms with Gasteiger partial charge in [0, 0.05) is 23.2 Å². The molecule has 0 radical (unpaired) electrons. The summed E-state index contributed by atoms with van der Waals surface area (Å²) in [7, 11) is 0. The molecule has 0 spiro atoms. The lowest BCUT2D eigenvalue weighted by Crippen LogP contribution is -2.50. The quantitative estimate of drug-likeness (QED) is 0.253. The number of carbonyl (C=O) groups is 1. The molecule has 2 atom stereocenters. The molecule has 2 bridgehead atoms. The number of piperidine rings is 1. The summed E-state index contributed by atoms with van der Waals surface area (Å²) in [6.45, 7) is 0. The predicted molar refractivity (Wildman–Crippen MR) is 110 cm³/mol. The number of halogens is 3. The number of rotatable bonds is 1. The van der Waals surface area contributed by atoms with Crippen molar-refractivity contribution in [3.63, 3.8) is 0 Å². The Balaban J connectivity index is 1.65. The largest absolute Gasteiger partial charge is 0.471 e. The van der Waals surface area contributed by atoms with Gasteiger partial charge in [-0.1, -0.05) is 41.1 Å². The average Bonchev–Trinajstić information content (AvgIpc) is 3.04. The molecule has 2 aromatic carbocycles. The number of carbonyl (C=O) groups excluding carboxylic acids is 1. The van der Waals surface area contributed by atoms with Gasteiger partial charge in [-0.05, 0) is 43.4 Å². The summed E-state index contributed by atoms with van der Waals surface area (Å²) in [5.41, 5.74) is 9.72. The summed E-state index contributed by atoms with van der Waals surface area (Å²) in [6.07, 6.45) is -3.08. The second-order valence-corrected chi connectivity index (χ2v) is 8.25. The van der Waals surface area contributed by atoms with Crippen LogP contribution in [0.15, 0.2) is 53.2 Å². The van der Waals surface area contributed by atoms with E-state index in [1.165, 1.54) is 0 Å². The van der Waals surface area contributed by atoms with E-state index in [2.05, 4.69) is 5.16 Å². The Morgan fingerprint density at radius 1 is 1.06 bits per heavy atom. The number of fused-ring (bicyclic) bond motifs is 4. The number of benzene rings is 2. The second kappa shape index (κ2) is 7.29. The second-order valence-electron chi connectivity index (χ2n) is 8.25. The van der Waals surface area contributed by atoms with Crippen LogP contribution < -0.4 is 10.5 Å². The van der Waals surface area contributed by atoms with Gasteiger partial charge in [0.1, 0.15) is 11.5 Å². The van der Waals surface area contributed by atoms with Crippen molar-refractivity contribution in [1.29, 1.82) is 0 Å². The summed E-state index contributed by atoms with van der Waals surface area (Å²) < 4.78 is 45.5. The van der Waals surface area contributed by atoms with Gasteiger partial charge in [0.25, 0.3) is 0 Å². The highest BCUT2D eigenvalue weighted by Gasteiger charge is 2.51. The Morgan fingerprint density at radius 3 is 2.38 bits per heavy atom. The zero-order valence-corrected chi connectivity index (χ0v) is 16.9. The zero-order valence-electron chi connectivity index (χ0n) is 16.9. The molecule has 2 fully saturated rings. The third kappa shape index (κ3) is 3.11. The number of amides is 1. The lowest BCUT2D eigenvalue weighted by Gasteiger charge is -2.38. The minimum atomic E-state index is -4.88. The van der Waals surface area contributed by atoms with Crippen LogP contribution in [0.4, 0.5) is 13.2 Å². The maximum Gasteiger partial charge on any atom is 0.471 e. The number of amidine groups is 1. The van der Waals surface area contributed by atoms with Crippen molar-refractivity contribution in [3.05, 3.63) is 64.7 Å². The maximum absolute atomic E-state index is 13.1. The summed E-state index contributed by atoms with van der Waals surface area (Å²) in [5.74, 6) is -0.834. The van der Waals surface area contributed by atoms with Crippen LogP contribution in [0.3, 0.4) is 0 Å². The Bertz CT molecular complexity index is 1160. The van der Waals surface area contributed by atoms with Crippen LogP contribution in [-0.2, 0) is 4.79 Å². The van der Waals surface area contributed by atoms with E-state index in [-0.39, 0.29) is 5.84 Å². The van der Waals surface area contributed by atoms with E-state index in [1.807, 2.05) is 24.3 Å². The van der Waals surface area contributed by atoms with Crippen molar-refractivity contribution in [2.24, 2.45) is 10.9 Å². The number of hydrogen-bond acceptors (Lipinski definition) is 4. The monoisotopic (exact) mass is 443 g/mol. The molecule has 6 nitrogen and oxygen atoms in total. The van der Waals surface area contributed by atoms with Gasteiger partial charge in [0.2, 0.25) is 0 Å². The maximum atomic E-state index is 13.1. The smallest absolute Gasteiger partial charge is 0.455 e. The van der Waals surface area contributed by atoms with Crippen molar-refractivity contribution in [2.75, 3.05) is 0 Å². The van der Waals surface area contributed by atoms with Crippen LogP contribution >= 0.6 is 0 Å². The van der Waals surface area contributed by atoms with Crippen molar-refractivity contribution >= 4 is 17.3 Å². The van der Waals surface area contributed by atoms with E-state index in [0.717, 1.165) is 27.2 Å². The minimum absolute atomic E-state index is 0.101. The van der Waals surface area contributed by atoms with E-state index < -0.39 is 24.2 Å². The molecule has 2 saturated heterocycles. The molecule has 0 saturated carbocycles. The molecule has 3 N–H and O–H groups in total. The molecular weight excluding hydrogens is 423 g/mol. The molecule has 1 amide bonds. The Morgan fingerprint density at radius 2 is 1.72 bits per heavy atom. The Kier molecular flexibility index (Phi) is 4.65. The third-order valence-electron chi connectivity index (χ3n) is 6.45. The van der Waals surface area contributed by atoms with Gasteiger partial charge in [-0.2, -0.15) is 13.2 Å². The molecule has 32 heavy (non-hydrogen) atoms. The molecule has 2 aromatic rings. The number of para-hydroxylation sites is 2. The van der Waals surface area contributed by atoms with E-state index in [9.17, 15) is 23.2 Å². The minimum Gasteiger partial charge on any atom is -0.455 e. The third-order valence-corrected chi connectivity index (χ3v) is 6.45. The van der Waals surface area contributed by atoms with Crippen molar-refractivity contribution in [3.8, 4) is 11.5 Å². The van der Waals surface area contributed by atoms with Crippen LogP contribution in [0, 0.1) is 0 Å². The number of ether oxygens (including phenoxy) is 1. The van der Waals surface area contributed by atoms with Crippen LogP contribution in [0.5, 0.6) is 11.5 Å². The van der Waals surface area contributed by atoms with E-state index in [4.69, 9.17) is 10.5 Å². The number of alkyl halides is 3. The van der Waals surface area contributed by atoms with E-state index in [0.29, 0.717) is 42.7 Å². The molecule has 166 valence electrons. The summed E-state index contributed by atoms with van der Waals surface area (Å²) in [4.78, 5) is 13.1. The summed E-state index contributed by atoms with van der Waals surface area (Å²) in [6, 6.07) is 11.7. The van der Waals surface area contributed by atoms with Gasteiger partial charge < -0.3 is 20.6 Å². The van der Waals surface area contributed by atoms with Crippen molar-refractivity contribution < 1.29 is 27.9 Å². The molecular formula is C23H20F3N3O3. The standard InChI is InChI=1S/C23H20F3N3O3/c24-23(25,26)22(30)29-13-8-9-14(29)11-12(10-13)19-15-4-1-2-7-18(15)32-20-16(19)5-3-6-17(20)21(27)28-31/h1-7,13-14,31H,8-11H2,(H2,27,28). The molecule has 3 aliphatic rings. The van der Waals surface area contributed by atoms with E-state index in [1.54, 1.807) is 18.2 Å². The fraction of sp³-hybridized carbons (Fsp3) is 0.304. The molecule has 9 heteroatoms. The average molecular weight is 443 g/mol. The lowest BCUT2D eigenvalue weighted by molar-refractivity contribution is -0.189. The molecule has 2 unspecified atom stereocenters. The highest BCUT2D eigenvalue weighted by atomic mass is 19.4. The Hall–Kier alpha value is -3.49. The Labute approximate surface area is 181 Å². The zero-order chi connectivity index (χ0) is 22.6. The van der Waals surface area contributed by atoms with Gasteiger partial charge in [-0.25, -0.2) is 0 Å². The van der Waals surface area contributed by atoms with Crippen molar-refractivity contribution in [1.82, 2.24) is 4.90 Å². The van der Waals surface area contributed by atoms with Crippen molar-refractivity contribution in [2.45, 2.75) is 43.9 Å². The van der Waals surface area contributed by atoms with E-state index >= 15 is 0 Å². The first-order valence-electron chi connectivity index (χ1n) is 10.3. The number of hydrogen-bond donors (Lipinski definition) is 2. The fourth-order valence-electron chi connectivity index (χ4n) is 5.19. The van der Waals surface area contributed by atoms with Crippen LogP contribution in [0.2, 0.25) is 0 Å². The van der Waals surface area contributed by atoms with Crippen LogP contribution in [-0.4, -0.2) is 40.1 Å². The highest BCUT2D eigenvalue weighted by Crippen LogP contribution is 2.50. The van der Waals surface area contributed by atoms with Gasteiger partial charge in [0.15, 0.2) is 5.84 Å². The van der Waals surface area contributed by atoms with Gasteiger partial charge in [0.05, 0.1) is 5.56 Å². The number of oxime groups is 1. The number of nitrogens with zero attached hydrogens (tertiary/aromatic N) is 2. The molecule has 3 heterocycles. The lowest BCUT2D eigenvalue weighted by atomic mass is 9.83. The molecule has 5 rings (SSSR count). The first kappa shape index (κ1) is 20.4. The summed E-state index contributed by atoms with van der Waals surface area (Å²) in [5, 5.41) is 12.3. The fourth-order valence-corrected chi connectivity index (χ4v) is 5.19. The van der Waals surface area contributed by atoms with Gasteiger partial charge in [-0.15, -0.1) is 0 Å². The topological polar surface area (TPSA) is 88.2 Å². The molecule has 3 aliphatic heterocycles. The van der Waals surface area contributed by atoms with Gasteiger partial charge >= 0.3 is 12.1 Å². The number of nitrogens with two attached hydrogens (primary N) is 1. The molecule has 0 aliphatic carbocycles. The highest BCUT2D eigenvalue weighted by molar-refractivity contribution is 6.03. The first-order chi connectivity index (χ1) is 15.3. The van der Waals surface area contributed by atoms with Crippen LogP contribution in [0.25, 0.3) is 5.57 Å². The molecule has 0 aromatic heterocycles. The first-order valence-corrected chi connectivity index (χ1v) is 10.3.